The third-order valence-electron chi connectivity index (χ3n) is 10.6. The molecule has 0 spiro atoms. The molecular formula is C47H79NO13. The molecule has 0 aromatic rings. The van der Waals surface area contributed by atoms with Gasteiger partial charge in [0.15, 0.2) is 12.6 Å². The van der Waals surface area contributed by atoms with Gasteiger partial charge in [0.1, 0.15) is 48.8 Å². The van der Waals surface area contributed by atoms with Gasteiger partial charge >= 0.3 is 0 Å². The fourth-order valence-corrected chi connectivity index (χ4v) is 6.88. The Hall–Kier alpha value is -2.57. The van der Waals surface area contributed by atoms with E-state index in [1.807, 2.05) is 6.08 Å². The summed E-state index contributed by atoms with van der Waals surface area (Å²) < 4.78 is 22.6. The van der Waals surface area contributed by atoms with Crippen LogP contribution in [0.25, 0.3) is 0 Å². The molecule has 2 fully saturated rings. The Morgan fingerprint density at radius 2 is 1.15 bits per heavy atom. The van der Waals surface area contributed by atoms with E-state index in [2.05, 4.69) is 79.9 Å². The number of hydrogen-bond acceptors (Lipinski definition) is 13. The van der Waals surface area contributed by atoms with E-state index < -0.39 is 86.8 Å². The first-order chi connectivity index (χ1) is 29.6. The highest BCUT2D eigenvalue weighted by Gasteiger charge is 2.50. The molecule has 2 rings (SSSR count). The summed E-state index contributed by atoms with van der Waals surface area (Å²) in [6, 6.07) is -0.954. The number of aliphatic hydroxyl groups excluding tert-OH is 8. The van der Waals surface area contributed by atoms with Crippen molar-refractivity contribution in [3.63, 3.8) is 0 Å². The molecule has 12 atom stereocenters. The summed E-state index contributed by atoms with van der Waals surface area (Å²) in [4.78, 5) is 13.1. The monoisotopic (exact) mass is 866 g/mol. The third kappa shape index (κ3) is 22.1. The average molecular weight is 866 g/mol. The number of unbranched alkanes of at least 4 members (excludes halogenated alkanes) is 9. The Bertz CT molecular complexity index is 1300. The van der Waals surface area contributed by atoms with Gasteiger partial charge in [0, 0.05) is 6.42 Å². The van der Waals surface area contributed by atoms with E-state index in [-0.39, 0.29) is 18.9 Å². The van der Waals surface area contributed by atoms with Crippen molar-refractivity contribution in [2.75, 3.05) is 19.8 Å². The van der Waals surface area contributed by atoms with Crippen LogP contribution in [-0.2, 0) is 23.7 Å². The van der Waals surface area contributed by atoms with Crippen molar-refractivity contribution in [1.82, 2.24) is 5.32 Å². The molecule has 350 valence electrons. The van der Waals surface area contributed by atoms with Crippen molar-refractivity contribution in [2.24, 2.45) is 0 Å². The van der Waals surface area contributed by atoms with Crippen LogP contribution < -0.4 is 5.32 Å². The molecule has 0 saturated carbocycles. The summed E-state index contributed by atoms with van der Waals surface area (Å²) in [6.07, 6.45) is 23.9. The summed E-state index contributed by atoms with van der Waals surface area (Å²) in [5, 5.41) is 86.4. The Morgan fingerprint density at radius 3 is 1.80 bits per heavy atom. The number of carbonyl (C=O) groups excluding carboxylic acids is 1. The summed E-state index contributed by atoms with van der Waals surface area (Å²) in [6.45, 7) is 2.56. The van der Waals surface area contributed by atoms with Crippen LogP contribution in [0.4, 0.5) is 0 Å². The minimum Gasteiger partial charge on any atom is -0.394 e. The van der Waals surface area contributed by atoms with Gasteiger partial charge in [0.2, 0.25) is 5.91 Å². The minimum absolute atomic E-state index is 0.217. The van der Waals surface area contributed by atoms with Crippen LogP contribution in [0.5, 0.6) is 0 Å². The number of ether oxygens (including phenoxy) is 4. The lowest BCUT2D eigenvalue weighted by atomic mass is 9.97. The number of aliphatic hydroxyl groups is 8. The fraction of sp³-hybridized carbons (Fsp3) is 0.723. The fourth-order valence-electron chi connectivity index (χ4n) is 6.88. The SMILES string of the molecule is CC/C=C\C/C=C\C/C=C\C/C=C\CCCCC(=O)NC(COC1OC(CO)C(OC2OC(CO)C(O)C(O)C2O)C(O)C1O)C(O)/C=C/CC/C=C/CCCCCCCC. The van der Waals surface area contributed by atoms with E-state index in [0.717, 1.165) is 51.4 Å². The molecule has 61 heavy (non-hydrogen) atoms. The molecule has 14 heteroatoms. The average Bonchev–Trinajstić information content (AvgIpc) is 3.26. The number of hydrogen-bond donors (Lipinski definition) is 9. The molecule has 2 saturated heterocycles. The molecule has 14 nitrogen and oxygen atoms in total. The Labute approximate surface area is 364 Å². The van der Waals surface area contributed by atoms with Crippen molar-refractivity contribution in [2.45, 2.75) is 197 Å². The van der Waals surface area contributed by atoms with Crippen LogP contribution in [0.15, 0.2) is 72.9 Å². The van der Waals surface area contributed by atoms with Gasteiger partial charge in [-0.2, -0.15) is 0 Å². The van der Waals surface area contributed by atoms with Gasteiger partial charge < -0.3 is 65.1 Å². The van der Waals surface area contributed by atoms with E-state index in [4.69, 9.17) is 18.9 Å². The second-order valence-electron chi connectivity index (χ2n) is 15.8. The Kier molecular flexibility index (Phi) is 30.3. The molecule has 2 heterocycles. The molecule has 9 N–H and O–H groups in total. The largest absolute Gasteiger partial charge is 0.394 e. The van der Waals surface area contributed by atoms with Crippen molar-refractivity contribution < 1.29 is 64.6 Å². The summed E-state index contributed by atoms with van der Waals surface area (Å²) in [5.74, 6) is -0.296. The van der Waals surface area contributed by atoms with Crippen molar-refractivity contribution in [3.05, 3.63) is 72.9 Å². The van der Waals surface area contributed by atoms with Gasteiger partial charge in [-0.05, 0) is 70.6 Å². The molecule has 0 aromatic carbocycles. The lowest BCUT2D eigenvalue weighted by Gasteiger charge is -2.46. The molecule has 0 radical (unpaired) electrons. The maximum absolute atomic E-state index is 13.1. The predicted molar refractivity (Wildman–Crippen MR) is 235 cm³/mol. The molecular weight excluding hydrogens is 787 g/mol. The highest BCUT2D eigenvalue weighted by Crippen LogP contribution is 2.29. The zero-order valence-corrected chi connectivity index (χ0v) is 36.6. The number of nitrogens with one attached hydrogen (secondary N) is 1. The summed E-state index contributed by atoms with van der Waals surface area (Å²) >= 11 is 0. The molecule has 0 aliphatic carbocycles. The van der Waals surface area contributed by atoms with E-state index in [0.29, 0.717) is 12.8 Å². The van der Waals surface area contributed by atoms with Gasteiger partial charge in [-0.3, -0.25) is 4.79 Å². The van der Waals surface area contributed by atoms with Gasteiger partial charge in [-0.1, -0.05) is 119 Å². The highest BCUT2D eigenvalue weighted by molar-refractivity contribution is 5.76. The normalized spacial score (nSPS) is 28.7. The van der Waals surface area contributed by atoms with Gasteiger partial charge in [0.25, 0.3) is 0 Å². The molecule has 12 unspecified atom stereocenters. The molecule has 2 aliphatic rings. The van der Waals surface area contributed by atoms with E-state index in [9.17, 15) is 45.6 Å². The molecule has 0 aromatic heterocycles. The van der Waals surface area contributed by atoms with E-state index in [1.54, 1.807) is 6.08 Å². The van der Waals surface area contributed by atoms with Gasteiger partial charge in [-0.15, -0.1) is 0 Å². The topological polar surface area (TPSA) is 228 Å². The molecule has 1 amide bonds. The van der Waals surface area contributed by atoms with E-state index in [1.165, 1.54) is 38.5 Å². The van der Waals surface area contributed by atoms with Crippen molar-refractivity contribution in [3.8, 4) is 0 Å². The lowest BCUT2D eigenvalue weighted by molar-refractivity contribution is -0.359. The van der Waals surface area contributed by atoms with Crippen LogP contribution in [0, 0.1) is 0 Å². The van der Waals surface area contributed by atoms with Crippen molar-refractivity contribution in [1.29, 1.82) is 0 Å². The first kappa shape index (κ1) is 54.6. The lowest BCUT2D eigenvalue weighted by Crippen LogP contribution is -2.65. The Morgan fingerprint density at radius 1 is 0.607 bits per heavy atom. The van der Waals surface area contributed by atoms with Crippen LogP contribution in [0.3, 0.4) is 0 Å². The standard InChI is InChI=1S/C47H79NO13/c1-3-5-7-9-11-13-15-17-18-19-21-23-25-27-29-31-39(52)48-35(36(51)30-28-26-24-22-20-16-14-12-10-8-6-4-2)34-58-46-44(57)42(55)45(38(33-50)60-46)61-47-43(56)41(54)40(53)37(32-49)59-47/h5,7,11,13,17-18,20-23,28,30,35-38,40-47,49-51,53-57H,3-4,6,8-10,12,14-16,19,24-27,29,31-34H2,1-2H3,(H,48,52)/b7-5-,13-11-,18-17-,22-20+,23-21-,30-28+. The zero-order valence-electron chi connectivity index (χ0n) is 36.6. The number of rotatable bonds is 32. The summed E-state index contributed by atoms with van der Waals surface area (Å²) in [5.41, 5.74) is 0. The highest BCUT2D eigenvalue weighted by atomic mass is 16.7. The zero-order chi connectivity index (χ0) is 44.7. The van der Waals surface area contributed by atoms with Crippen LogP contribution >= 0.6 is 0 Å². The smallest absolute Gasteiger partial charge is 0.220 e. The minimum atomic E-state index is -1.80. The second kappa shape index (κ2) is 33.9. The third-order valence-corrected chi connectivity index (χ3v) is 10.6. The maximum atomic E-state index is 13.1. The second-order valence-corrected chi connectivity index (χ2v) is 15.8. The predicted octanol–water partition coefficient (Wildman–Crippen LogP) is 4.48. The van der Waals surface area contributed by atoms with Crippen LogP contribution in [0.1, 0.15) is 123 Å². The van der Waals surface area contributed by atoms with Crippen LogP contribution in [0.2, 0.25) is 0 Å². The van der Waals surface area contributed by atoms with Crippen molar-refractivity contribution >= 4 is 5.91 Å². The van der Waals surface area contributed by atoms with Gasteiger partial charge in [-0.25, -0.2) is 0 Å². The van der Waals surface area contributed by atoms with E-state index >= 15 is 0 Å². The first-order valence-electron chi connectivity index (χ1n) is 22.7. The Balaban J connectivity index is 1.94. The number of allylic oxidation sites excluding steroid dienone is 11. The molecule has 2 aliphatic heterocycles. The number of carbonyl (C=O) groups is 1. The first-order valence-corrected chi connectivity index (χ1v) is 22.7. The molecule has 0 bridgehead atoms. The summed E-state index contributed by atoms with van der Waals surface area (Å²) in [7, 11) is 0. The quantitative estimate of drug-likeness (QED) is 0.0336. The maximum Gasteiger partial charge on any atom is 0.220 e. The van der Waals surface area contributed by atoms with Gasteiger partial charge in [0.05, 0.1) is 32.0 Å². The number of amides is 1. The van der Waals surface area contributed by atoms with Crippen LogP contribution in [-0.4, -0.2) is 140 Å².